The first-order valence-electron chi connectivity index (χ1n) is 7.25. The Morgan fingerprint density at radius 2 is 2.26 bits per heavy atom. The molecule has 0 saturated carbocycles. The number of hydrogen-bond donors (Lipinski definition) is 2. The van der Waals surface area contributed by atoms with E-state index >= 15 is 0 Å². The van der Waals surface area contributed by atoms with Gasteiger partial charge in [-0.25, -0.2) is 4.79 Å². The van der Waals surface area contributed by atoms with Crippen molar-refractivity contribution in [3.8, 4) is 0 Å². The van der Waals surface area contributed by atoms with E-state index in [0.717, 1.165) is 5.56 Å². The Balaban J connectivity index is 1.85. The molecule has 0 aliphatic carbocycles. The average molecular weight is 338 g/mol. The highest BCUT2D eigenvalue weighted by molar-refractivity contribution is 6.30. The Hall–Kier alpha value is -2.28. The quantitative estimate of drug-likeness (QED) is 0.475. The third-order valence-electron chi connectivity index (χ3n) is 3.44. The second kappa shape index (κ2) is 7.82. The molecule has 0 aromatic heterocycles. The van der Waals surface area contributed by atoms with E-state index in [1.54, 1.807) is 7.05 Å². The first-order valence-corrected chi connectivity index (χ1v) is 7.63. The zero-order valence-corrected chi connectivity index (χ0v) is 13.9. The topological polar surface area (TPSA) is 77.0 Å². The number of halogens is 1. The van der Waals surface area contributed by atoms with Gasteiger partial charge in [-0.15, -0.1) is 0 Å². The number of carbonyl (C=O) groups is 2. The summed E-state index contributed by atoms with van der Waals surface area (Å²) in [5, 5.41) is 6.32. The molecular formula is C15H20ClN5O2. The molecule has 1 aromatic rings. The van der Waals surface area contributed by atoms with Gasteiger partial charge in [0.25, 0.3) is 0 Å². The van der Waals surface area contributed by atoms with Crippen LogP contribution in [0.15, 0.2) is 29.3 Å². The first kappa shape index (κ1) is 17.1. The minimum absolute atomic E-state index is 0.0717. The summed E-state index contributed by atoms with van der Waals surface area (Å²) in [4.78, 5) is 30.3. The number of carbonyl (C=O) groups excluding carboxylic acids is 2. The Labute approximate surface area is 140 Å². The van der Waals surface area contributed by atoms with Crippen LogP contribution in [0.3, 0.4) is 0 Å². The van der Waals surface area contributed by atoms with Crippen LogP contribution >= 0.6 is 11.6 Å². The van der Waals surface area contributed by atoms with Crippen LogP contribution in [0.4, 0.5) is 4.79 Å². The highest BCUT2D eigenvalue weighted by Gasteiger charge is 2.27. The summed E-state index contributed by atoms with van der Waals surface area (Å²) in [6.07, 6.45) is 0. The van der Waals surface area contributed by atoms with Gasteiger partial charge in [-0.2, -0.15) is 0 Å². The van der Waals surface area contributed by atoms with Crippen LogP contribution in [-0.2, 0) is 11.3 Å². The van der Waals surface area contributed by atoms with E-state index in [2.05, 4.69) is 15.6 Å². The minimum atomic E-state index is -0.348. The maximum absolute atomic E-state index is 11.5. The number of imide groups is 1. The third-order valence-corrected chi connectivity index (χ3v) is 3.67. The van der Waals surface area contributed by atoms with E-state index in [4.69, 9.17) is 11.6 Å². The molecular weight excluding hydrogens is 318 g/mol. The van der Waals surface area contributed by atoms with Crippen LogP contribution in [0, 0.1) is 0 Å². The van der Waals surface area contributed by atoms with Gasteiger partial charge in [0.1, 0.15) is 0 Å². The van der Waals surface area contributed by atoms with E-state index < -0.39 is 0 Å². The van der Waals surface area contributed by atoms with Crippen molar-refractivity contribution in [1.29, 1.82) is 0 Å². The molecule has 1 saturated heterocycles. The standard InChI is InChI=1S/C15H20ClN5O2/c1-17-14(18-6-7-21-13(22)9-19-15(21)23)20(2)10-11-4-3-5-12(16)8-11/h3-5,8H,6-7,9-10H2,1-2H3,(H,17,18)(H,19,23). The van der Waals surface area contributed by atoms with Crippen molar-refractivity contribution in [2.75, 3.05) is 33.7 Å². The predicted octanol–water partition coefficient (Wildman–Crippen LogP) is 0.899. The van der Waals surface area contributed by atoms with Gasteiger partial charge < -0.3 is 15.5 Å². The predicted molar refractivity (Wildman–Crippen MR) is 89.4 cm³/mol. The maximum atomic E-state index is 11.5. The molecule has 7 nitrogen and oxygen atoms in total. The summed E-state index contributed by atoms with van der Waals surface area (Å²) < 4.78 is 0. The molecule has 8 heteroatoms. The van der Waals surface area contributed by atoms with Gasteiger partial charge in [0.15, 0.2) is 5.96 Å². The van der Waals surface area contributed by atoms with Gasteiger partial charge in [-0.05, 0) is 17.7 Å². The van der Waals surface area contributed by atoms with Crippen LogP contribution in [-0.4, -0.2) is 61.4 Å². The second-order valence-corrected chi connectivity index (χ2v) is 5.60. The van der Waals surface area contributed by atoms with Crippen molar-refractivity contribution in [3.05, 3.63) is 34.9 Å². The van der Waals surface area contributed by atoms with Crippen LogP contribution in [0.1, 0.15) is 5.56 Å². The summed E-state index contributed by atoms with van der Waals surface area (Å²) in [7, 11) is 3.59. The zero-order chi connectivity index (χ0) is 16.8. The molecule has 0 unspecified atom stereocenters. The molecule has 1 aromatic carbocycles. The fraction of sp³-hybridized carbons (Fsp3) is 0.400. The number of urea groups is 1. The Kier molecular flexibility index (Phi) is 5.81. The van der Waals surface area contributed by atoms with Gasteiger partial charge in [0.2, 0.25) is 5.91 Å². The SMILES string of the molecule is CN=C(NCCN1C(=O)CNC1=O)N(C)Cc1cccc(Cl)c1. The molecule has 3 amide bonds. The first-order chi connectivity index (χ1) is 11.0. The highest BCUT2D eigenvalue weighted by Crippen LogP contribution is 2.12. The van der Waals surface area contributed by atoms with Gasteiger partial charge in [0, 0.05) is 38.8 Å². The fourth-order valence-electron chi connectivity index (χ4n) is 2.33. The smallest absolute Gasteiger partial charge is 0.324 e. The molecule has 1 heterocycles. The molecule has 0 spiro atoms. The normalized spacial score (nSPS) is 14.9. The number of hydrogen-bond acceptors (Lipinski definition) is 3. The molecule has 1 fully saturated rings. The number of nitrogens with one attached hydrogen (secondary N) is 2. The molecule has 23 heavy (non-hydrogen) atoms. The summed E-state index contributed by atoms with van der Waals surface area (Å²) in [6.45, 7) is 1.45. The van der Waals surface area contributed by atoms with E-state index in [0.29, 0.717) is 30.6 Å². The lowest BCUT2D eigenvalue weighted by atomic mass is 10.2. The van der Waals surface area contributed by atoms with Crippen molar-refractivity contribution in [2.24, 2.45) is 4.99 Å². The van der Waals surface area contributed by atoms with Crippen molar-refractivity contribution < 1.29 is 9.59 Å². The number of amides is 3. The van der Waals surface area contributed by atoms with E-state index in [1.807, 2.05) is 36.2 Å². The van der Waals surface area contributed by atoms with Gasteiger partial charge in [-0.1, -0.05) is 23.7 Å². The molecule has 0 bridgehead atoms. The summed E-state index contributed by atoms with van der Waals surface area (Å²) in [6, 6.07) is 7.27. The summed E-state index contributed by atoms with van der Waals surface area (Å²) in [5.74, 6) is 0.469. The molecule has 0 radical (unpaired) electrons. The largest absolute Gasteiger partial charge is 0.354 e. The molecule has 1 aliphatic heterocycles. The monoisotopic (exact) mass is 337 g/mol. The van der Waals surface area contributed by atoms with Crippen LogP contribution in [0.25, 0.3) is 0 Å². The number of nitrogens with zero attached hydrogens (tertiary/aromatic N) is 3. The number of rotatable bonds is 5. The summed E-state index contributed by atoms with van der Waals surface area (Å²) in [5.41, 5.74) is 1.07. The molecule has 124 valence electrons. The number of guanidine groups is 1. The Morgan fingerprint density at radius 3 is 2.87 bits per heavy atom. The van der Waals surface area contributed by atoms with Crippen molar-refractivity contribution in [2.45, 2.75) is 6.54 Å². The van der Waals surface area contributed by atoms with Crippen LogP contribution in [0.5, 0.6) is 0 Å². The second-order valence-electron chi connectivity index (χ2n) is 5.16. The number of benzene rings is 1. The molecule has 2 rings (SSSR count). The lowest BCUT2D eigenvalue weighted by Gasteiger charge is -2.23. The van der Waals surface area contributed by atoms with Crippen molar-refractivity contribution in [3.63, 3.8) is 0 Å². The van der Waals surface area contributed by atoms with Gasteiger partial charge in [-0.3, -0.25) is 14.7 Å². The Morgan fingerprint density at radius 1 is 1.48 bits per heavy atom. The molecule has 2 N–H and O–H groups in total. The highest BCUT2D eigenvalue weighted by atomic mass is 35.5. The van der Waals surface area contributed by atoms with Crippen LogP contribution < -0.4 is 10.6 Å². The third kappa shape index (κ3) is 4.59. The number of aliphatic imine (C=N–C) groups is 1. The van der Waals surface area contributed by atoms with Gasteiger partial charge >= 0.3 is 6.03 Å². The van der Waals surface area contributed by atoms with E-state index in [-0.39, 0.29) is 18.5 Å². The lowest BCUT2D eigenvalue weighted by molar-refractivity contribution is -0.124. The van der Waals surface area contributed by atoms with Crippen LogP contribution in [0.2, 0.25) is 5.02 Å². The van der Waals surface area contributed by atoms with Crippen molar-refractivity contribution >= 4 is 29.5 Å². The van der Waals surface area contributed by atoms with Gasteiger partial charge in [0.05, 0.1) is 6.54 Å². The Bertz CT molecular complexity index is 604. The molecule has 1 aliphatic rings. The fourth-order valence-corrected chi connectivity index (χ4v) is 2.54. The minimum Gasteiger partial charge on any atom is -0.354 e. The van der Waals surface area contributed by atoms with Crippen molar-refractivity contribution in [1.82, 2.24) is 20.4 Å². The average Bonchev–Trinajstić information content (AvgIpc) is 2.83. The lowest BCUT2D eigenvalue weighted by Crippen LogP contribution is -2.43. The van der Waals surface area contributed by atoms with E-state index in [1.165, 1.54) is 4.90 Å². The maximum Gasteiger partial charge on any atom is 0.324 e. The zero-order valence-electron chi connectivity index (χ0n) is 13.2. The molecule has 0 atom stereocenters. The van der Waals surface area contributed by atoms with E-state index in [9.17, 15) is 9.59 Å². The summed E-state index contributed by atoms with van der Waals surface area (Å²) >= 11 is 5.99.